The van der Waals surface area contributed by atoms with Crippen molar-refractivity contribution in [3.8, 4) is 0 Å². The average Bonchev–Trinajstić information content (AvgIpc) is 2.62. The van der Waals surface area contributed by atoms with Crippen molar-refractivity contribution in [3.05, 3.63) is 71.0 Å². The monoisotopic (exact) mass is 328 g/mol. The van der Waals surface area contributed by atoms with Gasteiger partial charge in [-0.2, -0.15) is 0 Å². The van der Waals surface area contributed by atoms with E-state index in [2.05, 4.69) is 10.2 Å². The molecule has 1 heterocycles. The van der Waals surface area contributed by atoms with E-state index in [9.17, 15) is 9.18 Å². The number of rotatable bonds is 4. The molecule has 4 nitrogen and oxygen atoms in total. The summed E-state index contributed by atoms with van der Waals surface area (Å²) < 4.78 is 18.3. The lowest BCUT2D eigenvalue weighted by atomic mass is 10.0. The zero-order chi connectivity index (χ0) is 16.9. The second kappa shape index (κ2) is 7.55. The molecule has 5 heteroatoms. The smallest absolute Gasteiger partial charge is 0.337 e. The van der Waals surface area contributed by atoms with E-state index in [1.165, 1.54) is 13.2 Å². The van der Waals surface area contributed by atoms with Crippen LogP contribution in [0.25, 0.3) is 0 Å². The minimum absolute atomic E-state index is 0.134. The number of hydrogen-bond donors (Lipinski definition) is 1. The number of piperazine rings is 1. The number of halogens is 1. The minimum atomic E-state index is -0.332. The maximum atomic E-state index is 13.5. The van der Waals surface area contributed by atoms with Gasteiger partial charge in [0.15, 0.2) is 0 Å². The van der Waals surface area contributed by atoms with Crippen LogP contribution in [0, 0.1) is 5.82 Å². The molecule has 2 aromatic rings. The van der Waals surface area contributed by atoms with Gasteiger partial charge in [0.05, 0.1) is 12.7 Å². The van der Waals surface area contributed by atoms with E-state index in [1.807, 2.05) is 18.2 Å². The number of benzene rings is 2. The van der Waals surface area contributed by atoms with Gasteiger partial charge in [0.1, 0.15) is 5.82 Å². The number of nitrogens with one attached hydrogen (secondary N) is 1. The maximum absolute atomic E-state index is 13.5. The molecule has 0 radical (unpaired) electrons. The van der Waals surface area contributed by atoms with Gasteiger partial charge < -0.3 is 10.1 Å². The van der Waals surface area contributed by atoms with Crippen LogP contribution in [0.15, 0.2) is 48.5 Å². The normalized spacial score (nSPS) is 18.3. The summed E-state index contributed by atoms with van der Waals surface area (Å²) in [5.41, 5.74) is 2.64. The summed E-state index contributed by atoms with van der Waals surface area (Å²) in [6.07, 6.45) is 0. The third-order valence-corrected chi connectivity index (χ3v) is 4.35. The standard InChI is InChI=1S/C19H21FN2O2/c1-24-19(23)15-7-5-14(6-8-15)13-22-10-9-21-12-18(22)16-3-2-4-17(20)11-16/h2-8,11,18,21H,9-10,12-13H2,1H3. The number of carbonyl (C=O) groups is 1. The summed E-state index contributed by atoms with van der Waals surface area (Å²) in [4.78, 5) is 13.8. The topological polar surface area (TPSA) is 41.6 Å². The Balaban J connectivity index is 1.75. The molecule has 1 aliphatic heterocycles. The molecule has 0 spiro atoms. The van der Waals surface area contributed by atoms with E-state index in [4.69, 9.17) is 4.74 Å². The summed E-state index contributed by atoms with van der Waals surface area (Å²) in [5, 5.41) is 3.37. The Morgan fingerprint density at radius 3 is 2.79 bits per heavy atom. The Morgan fingerprint density at radius 2 is 2.08 bits per heavy atom. The van der Waals surface area contributed by atoms with Crippen molar-refractivity contribution in [3.63, 3.8) is 0 Å². The van der Waals surface area contributed by atoms with Crippen LogP contribution in [0.3, 0.4) is 0 Å². The molecule has 1 fully saturated rings. The van der Waals surface area contributed by atoms with Gasteiger partial charge in [0, 0.05) is 32.2 Å². The van der Waals surface area contributed by atoms with Gasteiger partial charge >= 0.3 is 5.97 Å². The molecule has 0 saturated carbocycles. The molecule has 0 aromatic heterocycles. The number of ether oxygens (including phenoxy) is 1. The molecule has 0 amide bonds. The van der Waals surface area contributed by atoms with Crippen molar-refractivity contribution in [2.24, 2.45) is 0 Å². The van der Waals surface area contributed by atoms with Crippen LogP contribution in [0.2, 0.25) is 0 Å². The Bertz CT molecular complexity index is 703. The van der Waals surface area contributed by atoms with Crippen LogP contribution < -0.4 is 5.32 Å². The predicted octanol–water partition coefficient (Wildman–Crippen LogP) is 2.76. The van der Waals surface area contributed by atoms with Crippen LogP contribution in [0.4, 0.5) is 4.39 Å². The predicted molar refractivity (Wildman–Crippen MR) is 90.2 cm³/mol. The highest BCUT2D eigenvalue weighted by Gasteiger charge is 2.24. The molecule has 0 bridgehead atoms. The van der Waals surface area contributed by atoms with E-state index in [0.29, 0.717) is 5.56 Å². The molecule has 126 valence electrons. The van der Waals surface area contributed by atoms with E-state index in [1.54, 1.807) is 24.3 Å². The third-order valence-electron chi connectivity index (χ3n) is 4.35. The molecule has 1 unspecified atom stereocenters. The van der Waals surface area contributed by atoms with Crippen LogP contribution in [0.5, 0.6) is 0 Å². The fourth-order valence-electron chi connectivity index (χ4n) is 3.08. The molecule has 1 N–H and O–H groups in total. The van der Waals surface area contributed by atoms with Crippen LogP contribution in [-0.2, 0) is 11.3 Å². The van der Waals surface area contributed by atoms with Crippen LogP contribution in [-0.4, -0.2) is 37.6 Å². The summed E-state index contributed by atoms with van der Waals surface area (Å²) in [6.45, 7) is 3.35. The highest BCUT2D eigenvalue weighted by atomic mass is 19.1. The summed E-state index contributed by atoms with van der Waals surface area (Å²) in [7, 11) is 1.38. The summed E-state index contributed by atoms with van der Waals surface area (Å²) in [6, 6.07) is 14.4. The molecular weight excluding hydrogens is 307 g/mol. The largest absolute Gasteiger partial charge is 0.465 e. The van der Waals surface area contributed by atoms with Gasteiger partial charge in [-0.1, -0.05) is 24.3 Å². The fraction of sp³-hybridized carbons (Fsp3) is 0.316. The van der Waals surface area contributed by atoms with Gasteiger partial charge in [0.25, 0.3) is 0 Å². The fourth-order valence-corrected chi connectivity index (χ4v) is 3.08. The molecule has 1 aliphatic rings. The Morgan fingerprint density at radius 1 is 1.29 bits per heavy atom. The highest BCUT2D eigenvalue weighted by molar-refractivity contribution is 5.89. The van der Waals surface area contributed by atoms with Crippen molar-refractivity contribution in [2.75, 3.05) is 26.7 Å². The van der Waals surface area contributed by atoms with Crippen LogP contribution >= 0.6 is 0 Å². The number of carbonyl (C=O) groups excluding carboxylic acids is 1. The number of esters is 1. The van der Waals surface area contributed by atoms with Gasteiger partial charge in [0.2, 0.25) is 0 Å². The van der Waals surface area contributed by atoms with Crippen LogP contribution in [0.1, 0.15) is 27.5 Å². The average molecular weight is 328 g/mol. The number of nitrogens with zero attached hydrogens (tertiary/aromatic N) is 1. The van der Waals surface area contributed by atoms with Gasteiger partial charge in [-0.3, -0.25) is 4.90 Å². The lowest BCUT2D eigenvalue weighted by Gasteiger charge is -2.36. The number of methoxy groups -OCH3 is 1. The van der Waals surface area contributed by atoms with Crippen molar-refractivity contribution in [1.29, 1.82) is 0 Å². The first kappa shape index (κ1) is 16.6. The molecule has 2 aromatic carbocycles. The lowest BCUT2D eigenvalue weighted by molar-refractivity contribution is 0.0600. The molecule has 1 atom stereocenters. The molecule has 24 heavy (non-hydrogen) atoms. The second-order valence-corrected chi connectivity index (χ2v) is 5.93. The molecule has 0 aliphatic carbocycles. The van der Waals surface area contributed by atoms with Crippen molar-refractivity contribution in [1.82, 2.24) is 10.2 Å². The van der Waals surface area contributed by atoms with Gasteiger partial charge in [-0.05, 0) is 35.4 Å². The first-order valence-corrected chi connectivity index (χ1v) is 8.05. The van der Waals surface area contributed by atoms with Crippen molar-refractivity contribution >= 4 is 5.97 Å². The SMILES string of the molecule is COC(=O)c1ccc(CN2CCNCC2c2cccc(F)c2)cc1. The highest BCUT2D eigenvalue weighted by Crippen LogP contribution is 2.24. The van der Waals surface area contributed by atoms with E-state index >= 15 is 0 Å². The van der Waals surface area contributed by atoms with E-state index < -0.39 is 0 Å². The van der Waals surface area contributed by atoms with Crippen molar-refractivity contribution < 1.29 is 13.9 Å². The van der Waals surface area contributed by atoms with Gasteiger partial charge in [-0.25, -0.2) is 9.18 Å². The first-order valence-electron chi connectivity index (χ1n) is 8.05. The number of hydrogen-bond acceptors (Lipinski definition) is 4. The Kier molecular flexibility index (Phi) is 5.23. The first-order chi connectivity index (χ1) is 11.7. The second-order valence-electron chi connectivity index (χ2n) is 5.93. The molecular formula is C19H21FN2O2. The van der Waals surface area contributed by atoms with E-state index in [0.717, 1.165) is 37.3 Å². The molecule has 1 saturated heterocycles. The third kappa shape index (κ3) is 3.80. The summed E-state index contributed by atoms with van der Waals surface area (Å²) in [5.74, 6) is -0.540. The van der Waals surface area contributed by atoms with Crippen molar-refractivity contribution in [2.45, 2.75) is 12.6 Å². The quantitative estimate of drug-likeness (QED) is 0.877. The lowest BCUT2D eigenvalue weighted by Crippen LogP contribution is -2.45. The zero-order valence-electron chi connectivity index (χ0n) is 13.7. The van der Waals surface area contributed by atoms with E-state index in [-0.39, 0.29) is 17.8 Å². The van der Waals surface area contributed by atoms with Gasteiger partial charge in [-0.15, -0.1) is 0 Å². The summed E-state index contributed by atoms with van der Waals surface area (Å²) >= 11 is 0. The Labute approximate surface area is 141 Å². The minimum Gasteiger partial charge on any atom is -0.465 e. The molecule has 3 rings (SSSR count). The Hall–Kier alpha value is -2.24. The zero-order valence-corrected chi connectivity index (χ0v) is 13.7. The maximum Gasteiger partial charge on any atom is 0.337 e.